The van der Waals surface area contributed by atoms with Crippen LogP contribution in [0.2, 0.25) is 0 Å². The van der Waals surface area contributed by atoms with Gasteiger partial charge in [-0.05, 0) is 18.2 Å². The van der Waals surface area contributed by atoms with Crippen LogP contribution in [0.15, 0.2) is 24.5 Å². The van der Waals surface area contributed by atoms with E-state index < -0.39 is 0 Å². The zero-order valence-corrected chi connectivity index (χ0v) is 7.77. The number of nitriles is 1. The monoisotopic (exact) mass is 175 g/mol. The molecule has 0 N–H and O–H groups in total. The molecular formula is C10H13N3. The molecule has 0 aliphatic rings. The zero-order chi connectivity index (χ0) is 9.52. The van der Waals surface area contributed by atoms with Crippen molar-refractivity contribution in [1.29, 1.82) is 5.26 Å². The molecular weight excluding hydrogens is 162 g/mol. The molecule has 68 valence electrons. The van der Waals surface area contributed by atoms with Crippen molar-refractivity contribution in [3.63, 3.8) is 0 Å². The van der Waals surface area contributed by atoms with E-state index in [2.05, 4.69) is 16.0 Å². The van der Waals surface area contributed by atoms with Gasteiger partial charge in [0, 0.05) is 18.9 Å². The summed E-state index contributed by atoms with van der Waals surface area (Å²) in [6.07, 6.45) is 3.59. The Balaban J connectivity index is 2.53. The van der Waals surface area contributed by atoms with E-state index in [-0.39, 0.29) is 0 Å². The summed E-state index contributed by atoms with van der Waals surface area (Å²) in [5.41, 5.74) is 1.15. The third-order valence-electron chi connectivity index (χ3n) is 1.87. The van der Waals surface area contributed by atoms with Crippen LogP contribution in [0.25, 0.3) is 0 Å². The molecule has 0 amide bonds. The number of hydrogen-bond donors (Lipinski definition) is 0. The third kappa shape index (κ3) is 3.22. The highest BCUT2D eigenvalue weighted by atomic mass is 15.1. The van der Waals surface area contributed by atoms with E-state index in [0.29, 0.717) is 6.54 Å². The average molecular weight is 175 g/mol. The van der Waals surface area contributed by atoms with Gasteiger partial charge < -0.3 is 0 Å². The van der Waals surface area contributed by atoms with Crippen LogP contribution in [0.4, 0.5) is 0 Å². The number of pyridine rings is 1. The summed E-state index contributed by atoms with van der Waals surface area (Å²) in [4.78, 5) is 6.09. The van der Waals surface area contributed by atoms with E-state index in [1.807, 2.05) is 25.3 Å². The van der Waals surface area contributed by atoms with Crippen molar-refractivity contribution >= 4 is 0 Å². The molecule has 1 aromatic rings. The van der Waals surface area contributed by atoms with Crippen molar-refractivity contribution < 1.29 is 0 Å². The van der Waals surface area contributed by atoms with Crippen molar-refractivity contribution in [3.05, 3.63) is 30.1 Å². The Labute approximate surface area is 78.6 Å². The van der Waals surface area contributed by atoms with Crippen molar-refractivity contribution in [2.45, 2.75) is 13.5 Å². The van der Waals surface area contributed by atoms with Gasteiger partial charge in [-0.3, -0.25) is 9.88 Å². The molecule has 0 atom stereocenters. The first-order chi connectivity index (χ1) is 6.36. The quantitative estimate of drug-likeness (QED) is 0.650. The predicted molar refractivity (Wildman–Crippen MR) is 50.8 cm³/mol. The van der Waals surface area contributed by atoms with Gasteiger partial charge in [-0.2, -0.15) is 5.26 Å². The number of nitrogens with zero attached hydrogens (tertiary/aromatic N) is 3. The van der Waals surface area contributed by atoms with Crippen LogP contribution in [-0.4, -0.2) is 23.0 Å². The lowest BCUT2D eigenvalue weighted by Crippen LogP contribution is -2.22. The lowest BCUT2D eigenvalue weighted by Gasteiger charge is -2.15. The lowest BCUT2D eigenvalue weighted by atomic mass is 10.2. The number of aromatic nitrogens is 1. The van der Waals surface area contributed by atoms with E-state index in [4.69, 9.17) is 5.26 Å². The van der Waals surface area contributed by atoms with E-state index in [9.17, 15) is 0 Å². The third-order valence-corrected chi connectivity index (χ3v) is 1.87. The molecule has 3 heteroatoms. The highest BCUT2D eigenvalue weighted by Crippen LogP contribution is 2.01. The van der Waals surface area contributed by atoms with Gasteiger partial charge in [0.15, 0.2) is 0 Å². The maximum absolute atomic E-state index is 8.54. The Hall–Kier alpha value is -1.40. The second-order valence-electron chi connectivity index (χ2n) is 2.82. The minimum atomic E-state index is 0.478. The van der Waals surface area contributed by atoms with Gasteiger partial charge in [0.05, 0.1) is 12.6 Å². The van der Waals surface area contributed by atoms with Crippen LogP contribution in [-0.2, 0) is 6.54 Å². The summed E-state index contributed by atoms with van der Waals surface area (Å²) in [5.74, 6) is 0. The predicted octanol–water partition coefficient (Wildman–Crippen LogP) is 1.43. The van der Waals surface area contributed by atoms with Gasteiger partial charge in [-0.25, -0.2) is 0 Å². The van der Waals surface area contributed by atoms with Crippen molar-refractivity contribution in [2.24, 2.45) is 0 Å². The Kier molecular flexibility index (Phi) is 3.94. The minimum Gasteiger partial charge on any atom is -0.286 e. The van der Waals surface area contributed by atoms with E-state index in [0.717, 1.165) is 18.7 Å². The normalized spacial score (nSPS) is 9.92. The summed E-state index contributed by atoms with van der Waals surface area (Å²) in [6.45, 7) is 4.22. The Morgan fingerprint density at radius 3 is 3.00 bits per heavy atom. The molecule has 3 nitrogen and oxygen atoms in total. The molecule has 0 saturated carbocycles. The van der Waals surface area contributed by atoms with Crippen molar-refractivity contribution in [2.75, 3.05) is 13.1 Å². The molecule has 0 radical (unpaired) electrons. The molecule has 0 unspecified atom stereocenters. The number of rotatable bonds is 4. The first kappa shape index (κ1) is 9.69. The molecule has 0 saturated heterocycles. The smallest absolute Gasteiger partial charge is 0.0868 e. The van der Waals surface area contributed by atoms with Gasteiger partial charge in [0.2, 0.25) is 0 Å². The van der Waals surface area contributed by atoms with Crippen LogP contribution in [0.5, 0.6) is 0 Å². The molecule has 0 aromatic carbocycles. The highest BCUT2D eigenvalue weighted by molar-refractivity contribution is 5.08. The molecule has 0 fully saturated rings. The van der Waals surface area contributed by atoms with Crippen LogP contribution in [0.3, 0.4) is 0 Å². The summed E-state index contributed by atoms with van der Waals surface area (Å²) in [6, 6.07) is 6.08. The molecule has 13 heavy (non-hydrogen) atoms. The zero-order valence-electron chi connectivity index (χ0n) is 7.77. The standard InChI is InChI=1S/C10H13N3/c1-2-13(7-5-11)9-10-4-3-6-12-8-10/h3-4,6,8H,2,7,9H2,1H3. The molecule has 1 rings (SSSR count). The second kappa shape index (κ2) is 5.28. The summed E-state index contributed by atoms with van der Waals surface area (Å²) >= 11 is 0. The van der Waals surface area contributed by atoms with E-state index in [1.165, 1.54) is 0 Å². The van der Waals surface area contributed by atoms with Crippen LogP contribution >= 0.6 is 0 Å². The fourth-order valence-corrected chi connectivity index (χ4v) is 1.13. The van der Waals surface area contributed by atoms with Gasteiger partial charge in [-0.15, -0.1) is 0 Å². The topological polar surface area (TPSA) is 39.9 Å². The van der Waals surface area contributed by atoms with E-state index >= 15 is 0 Å². The second-order valence-corrected chi connectivity index (χ2v) is 2.82. The highest BCUT2D eigenvalue weighted by Gasteiger charge is 2.01. The van der Waals surface area contributed by atoms with Gasteiger partial charge in [0.25, 0.3) is 0 Å². The molecule has 0 bridgehead atoms. The van der Waals surface area contributed by atoms with Crippen LogP contribution in [0, 0.1) is 11.3 Å². The molecule has 0 aliphatic heterocycles. The fourth-order valence-electron chi connectivity index (χ4n) is 1.13. The van der Waals surface area contributed by atoms with E-state index in [1.54, 1.807) is 6.20 Å². The largest absolute Gasteiger partial charge is 0.286 e. The minimum absolute atomic E-state index is 0.478. The molecule has 0 aliphatic carbocycles. The summed E-state index contributed by atoms with van der Waals surface area (Å²) in [5, 5.41) is 8.54. The van der Waals surface area contributed by atoms with Gasteiger partial charge in [0.1, 0.15) is 0 Å². The summed E-state index contributed by atoms with van der Waals surface area (Å²) < 4.78 is 0. The fraction of sp³-hybridized carbons (Fsp3) is 0.400. The lowest BCUT2D eigenvalue weighted by molar-refractivity contribution is 0.314. The maximum atomic E-state index is 8.54. The summed E-state index contributed by atoms with van der Waals surface area (Å²) in [7, 11) is 0. The number of hydrogen-bond acceptors (Lipinski definition) is 3. The maximum Gasteiger partial charge on any atom is 0.0868 e. The van der Waals surface area contributed by atoms with Crippen molar-refractivity contribution in [3.8, 4) is 6.07 Å². The molecule has 1 heterocycles. The molecule has 1 aromatic heterocycles. The Bertz CT molecular complexity index is 276. The van der Waals surface area contributed by atoms with Gasteiger partial charge in [-0.1, -0.05) is 13.0 Å². The first-order valence-corrected chi connectivity index (χ1v) is 4.35. The Morgan fingerprint density at radius 2 is 2.46 bits per heavy atom. The SMILES string of the molecule is CCN(CC#N)Cc1cccnc1. The Morgan fingerprint density at radius 1 is 1.62 bits per heavy atom. The van der Waals surface area contributed by atoms with Crippen LogP contribution < -0.4 is 0 Å². The van der Waals surface area contributed by atoms with Crippen molar-refractivity contribution in [1.82, 2.24) is 9.88 Å². The first-order valence-electron chi connectivity index (χ1n) is 4.35. The average Bonchev–Trinajstić information content (AvgIpc) is 2.19. The van der Waals surface area contributed by atoms with Crippen LogP contribution in [0.1, 0.15) is 12.5 Å². The van der Waals surface area contributed by atoms with Gasteiger partial charge >= 0.3 is 0 Å². The molecule has 0 spiro atoms.